The van der Waals surface area contributed by atoms with Gasteiger partial charge in [0.1, 0.15) is 5.75 Å². The van der Waals surface area contributed by atoms with E-state index < -0.39 is 0 Å². The predicted octanol–water partition coefficient (Wildman–Crippen LogP) is 7.03. The van der Waals surface area contributed by atoms with Crippen LogP contribution in [0.2, 0.25) is 0 Å². The third kappa shape index (κ3) is 2.74. The van der Waals surface area contributed by atoms with Gasteiger partial charge in [-0.15, -0.1) is 0 Å². The summed E-state index contributed by atoms with van der Waals surface area (Å²) in [5.74, 6) is 0.281. The summed E-state index contributed by atoms with van der Waals surface area (Å²) in [6.07, 6.45) is 0. The van der Waals surface area contributed by atoms with E-state index in [1.807, 2.05) is 12.1 Å². The van der Waals surface area contributed by atoms with Gasteiger partial charge in [0.2, 0.25) is 0 Å². The number of rotatable bonds is 2. The van der Waals surface area contributed by atoms with Crippen LogP contribution in [0.3, 0.4) is 0 Å². The first kappa shape index (κ1) is 15.7. The van der Waals surface area contributed by atoms with Crippen molar-refractivity contribution in [1.82, 2.24) is 0 Å². The number of phenolic OH excluding ortho intramolecular Hbond substituents is 1. The fourth-order valence-corrected chi connectivity index (χ4v) is 3.88. The second-order valence-corrected chi connectivity index (χ2v) is 6.82. The molecule has 0 aliphatic carbocycles. The minimum Gasteiger partial charge on any atom is -0.508 e. The van der Waals surface area contributed by atoms with Crippen molar-refractivity contribution in [3.63, 3.8) is 0 Å². The number of hydrogen-bond acceptors (Lipinski definition) is 1. The van der Waals surface area contributed by atoms with Gasteiger partial charge in [0.05, 0.1) is 0 Å². The minimum absolute atomic E-state index is 0.281. The lowest BCUT2D eigenvalue weighted by Crippen LogP contribution is -1.85. The summed E-state index contributed by atoms with van der Waals surface area (Å²) in [5, 5.41) is 15.2. The summed E-state index contributed by atoms with van der Waals surface area (Å²) in [6.45, 7) is 0. The third-order valence-corrected chi connectivity index (χ3v) is 5.12. The first-order chi connectivity index (χ1) is 13.3. The highest BCUT2D eigenvalue weighted by atomic mass is 16.3. The molecule has 128 valence electrons. The van der Waals surface area contributed by atoms with E-state index in [4.69, 9.17) is 0 Å². The average Bonchev–Trinajstić information content (AvgIpc) is 2.72. The molecule has 1 N–H and O–H groups in total. The molecule has 0 fully saturated rings. The van der Waals surface area contributed by atoms with E-state index in [0.29, 0.717) is 0 Å². The zero-order valence-electron chi connectivity index (χ0n) is 14.8. The zero-order valence-corrected chi connectivity index (χ0v) is 14.8. The molecular weight excluding hydrogens is 328 g/mol. The molecule has 5 rings (SSSR count). The van der Waals surface area contributed by atoms with Crippen LogP contribution in [-0.2, 0) is 0 Å². The Balaban J connectivity index is 1.76. The van der Waals surface area contributed by atoms with Gasteiger partial charge in [-0.25, -0.2) is 0 Å². The molecule has 5 aromatic rings. The van der Waals surface area contributed by atoms with Crippen LogP contribution >= 0.6 is 0 Å². The summed E-state index contributed by atoms with van der Waals surface area (Å²) < 4.78 is 0. The fourth-order valence-electron chi connectivity index (χ4n) is 3.88. The van der Waals surface area contributed by atoms with Gasteiger partial charge in [0.25, 0.3) is 0 Å². The Kier molecular flexibility index (Phi) is 3.65. The second kappa shape index (κ2) is 6.30. The lowest BCUT2D eigenvalue weighted by atomic mass is 9.93. The molecule has 0 aliphatic rings. The van der Waals surface area contributed by atoms with E-state index >= 15 is 0 Å². The smallest absolute Gasteiger partial charge is 0.116 e. The Morgan fingerprint density at radius 1 is 0.444 bits per heavy atom. The van der Waals surface area contributed by atoms with Crippen LogP contribution in [-0.4, -0.2) is 5.11 Å². The van der Waals surface area contributed by atoms with Crippen molar-refractivity contribution in [3.8, 4) is 28.0 Å². The van der Waals surface area contributed by atoms with Crippen molar-refractivity contribution in [2.45, 2.75) is 0 Å². The molecule has 1 nitrogen and oxygen atoms in total. The number of fused-ring (bicyclic) bond motifs is 2. The van der Waals surface area contributed by atoms with Gasteiger partial charge in [-0.2, -0.15) is 0 Å². The van der Waals surface area contributed by atoms with Crippen LogP contribution in [0.15, 0.2) is 103 Å². The van der Waals surface area contributed by atoms with E-state index in [1.54, 1.807) is 0 Å². The van der Waals surface area contributed by atoms with E-state index in [2.05, 4.69) is 91.0 Å². The van der Waals surface area contributed by atoms with Crippen LogP contribution in [0.5, 0.6) is 5.75 Å². The van der Waals surface area contributed by atoms with Crippen molar-refractivity contribution < 1.29 is 5.11 Å². The van der Waals surface area contributed by atoms with Crippen molar-refractivity contribution in [2.24, 2.45) is 0 Å². The molecule has 0 saturated carbocycles. The third-order valence-electron chi connectivity index (χ3n) is 5.12. The normalized spacial score (nSPS) is 11.1. The topological polar surface area (TPSA) is 20.2 Å². The SMILES string of the molecule is Oc1cc(-c2cccc3ccccc23)cc(-c2cccc3ccccc23)c1. The van der Waals surface area contributed by atoms with Gasteiger partial charge in [-0.05, 0) is 62.0 Å². The maximum Gasteiger partial charge on any atom is 0.116 e. The molecule has 0 saturated heterocycles. The standard InChI is InChI=1S/C26H18O/c27-22-16-20(25-13-5-9-18-7-1-3-11-23(18)25)15-21(17-22)26-14-6-10-19-8-2-4-12-24(19)26/h1-17,27H. The molecule has 27 heavy (non-hydrogen) atoms. The van der Waals surface area contributed by atoms with Crippen molar-refractivity contribution in [1.29, 1.82) is 0 Å². The number of aromatic hydroxyl groups is 1. The Labute approximate surface area is 158 Å². The number of phenols is 1. The first-order valence-electron chi connectivity index (χ1n) is 9.10. The van der Waals surface area contributed by atoms with Gasteiger partial charge < -0.3 is 5.11 Å². The highest BCUT2D eigenvalue weighted by molar-refractivity contribution is 6.00. The molecule has 0 aliphatic heterocycles. The summed E-state index contributed by atoms with van der Waals surface area (Å²) in [4.78, 5) is 0. The Bertz CT molecular complexity index is 1180. The largest absolute Gasteiger partial charge is 0.508 e. The molecule has 0 radical (unpaired) electrons. The summed E-state index contributed by atoms with van der Waals surface area (Å²) in [5.41, 5.74) is 4.31. The van der Waals surface area contributed by atoms with Crippen LogP contribution < -0.4 is 0 Å². The van der Waals surface area contributed by atoms with Crippen molar-refractivity contribution in [3.05, 3.63) is 103 Å². The lowest BCUT2D eigenvalue weighted by molar-refractivity contribution is 0.476. The quantitative estimate of drug-likeness (QED) is 0.364. The lowest BCUT2D eigenvalue weighted by Gasteiger charge is -2.12. The molecule has 0 heterocycles. The van der Waals surface area contributed by atoms with Crippen LogP contribution in [0.4, 0.5) is 0 Å². The molecule has 0 bridgehead atoms. The number of hydrogen-bond donors (Lipinski definition) is 1. The van der Waals surface area contributed by atoms with Crippen LogP contribution in [0.1, 0.15) is 0 Å². The van der Waals surface area contributed by atoms with Gasteiger partial charge in [-0.1, -0.05) is 84.9 Å². The van der Waals surface area contributed by atoms with E-state index in [1.165, 1.54) is 21.5 Å². The first-order valence-corrected chi connectivity index (χ1v) is 9.10. The molecule has 0 unspecified atom stereocenters. The molecule has 0 spiro atoms. The minimum atomic E-state index is 0.281. The predicted molar refractivity (Wildman–Crippen MR) is 114 cm³/mol. The summed E-state index contributed by atoms with van der Waals surface area (Å²) in [6, 6.07) is 35.2. The maximum atomic E-state index is 10.5. The highest BCUT2D eigenvalue weighted by Crippen LogP contribution is 2.36. The highest BCUT2D eigenvalue weighted by Gasteiger charge is 2.09. The summed E-state index contributed by atoms with van der Waals surface area (Å²) in [7, 11) is 0. The zero-order chi connectivity index (χ0) is 18.2. The molecule has 5 aromatic carbocycles. The Hall–Kier alpha value is -3.58. The molecule has 1 heteroatoms. The van der Waals surface area contributed by atoms with Gasteiger partial charge in [0, 0.05) is 0 Å². The molecule has 0 aromatic heterocycles. The molecule has 0 amide bonds. The molecular formula is C26H18O. The van der Waals surface area contributed by atoms with Crippen molar-refractivity contribution >= 4 is 21.5 Å². The fraction of sp³-hybridized carbons (Fsp3) is 0. The van der Waals surface area contributed by atoms with Gasteiger partial charge >= 0.3 is 0 Å². The van der Waals surface area contributed by atoms with Crippen molar-refractivity contribution in [2.75, 3.05) is 0 Å². The van der Waals surface area contributed by atoms with E-state index in [-0.39, 0.29) is 5.75 Å². The van der Waals surface area contributed by atoms with Gasteiger partial charge in [-0.3, -0.25) is 0 Å². The Morgan fingerprint density at radius 3 is 1.41 bits per heavy atom. The maximum absolute atomic E-state index is 10.5. The van der Waals surface area contributed by atoms with E-state index in [0.717, 1.165) is 22.3 Å². The number of benzene rings is 5. The summed E-state index contributed by atoms with van der Waals surface area (Å²) >= 11 is 0. The van der Waals surface area contributed by atoms with E-state index in [9.17, 15) is 5.11 Å². The Morgan fingerprint density at radius 2 is 0.889 bits per heavy atom. The van der Waals surface area contributed by atoms with Crippen LogP contribution in [0.25, 0.3) is 43.8 Å². The van der Waals surface area contributed by atoms with Crippen LogP contribution in [0, 0.1) is 0 Å². The van der Waals surface area contributed by atoms with Gasteiger partial charge in [0.15, 0.2) is 0 Å². The monoisotopic (exact) mass is 346 g/mol. The second-order valence-electron chi connectivity index (χ2n) is 6.82. The average molecular weight is 346 g/mol. The molecule has 0 atom stereocenters.